The van der Waals surface area contributed by atoms with E-state index in [0.29, 0.717) is 5.92 Å². The van der Waals surface area contributed by atoms with Crippen LogP contribution in [0.1, 0.15) is 12.0 Å². The third kappa shape index (κ3) is 2.89. The van der Waals surface area contributed by atoms with Crippen molar-refractivity contribution in [2.75, 3.05) is 20.3 Å². The Kier molecular flexibility index (Phi) is 4.08. The fraction of sp³-hybridized carbons (Fsp3) is 0.538. The van der Waals surface area contributed by atoms with Gasteiger partial charge in [0, 0.05) is 17.9 Å². The molecule has 0 aromatic heterocycles. The quantitative estimate of drug-likeness (QED) is 0.754. The molecule has 2 atom stereocenters. The van der Waals surface area contributed by atoms with E-state index in [1.807, 2.05) is 12.1 Å². The number of ether oxygens (including phenoxy) is 2. The molecule has 0 saturated carbocycles. The van der Waals surface area contributed by atoms with Gasteiger partial charge in [-0.1, -0.05) is 12.1 Å². The predicted octanol–water partition coefficient (Wildman–Crippen LogP) is 2.88. The number of benzene rings is 1. The molecule has 1 aromatic carbocycles. The van der Waals surface area contributed by atoms with E-state index in [1.165, 1.54) is 5.56 Å². The first-order valence-electron chi connectivity index (χ1n) is 5.64. The Morgan fingerprint density at radius 2 is 2.19 bits per heavy atom. The average Bonchev–Trinajstić information content (AvgIpc) is 2.83. The molecule has 16 heavy (non-hydrogen) atoms. The molecule has 0 radical (unpaired) electrons. The first-order chi connectivity index (χ1) is 7.79. The fourth-order valence-electron chi connectivity index (χ4n) is 1.99. The standard InChI is InChI=1S/C13H17ClO2/c1-15-12-4-2-10(3-5-12)8-13(14)11-6-7-16-9-11/h2-5,11,13H,6-9H2,1H3. The number of halogens is 1. The zero-order valence-electron chi connectivity index (χ0n) is 9.49. The van der Waals surface area contributed by atoms with Crippen molar-refractivity contribution in [1.29, 1.82) is 0 Å². The third-order valence-electron chi connectivity index (χ3n) is 3.07. The minimum atomic E-state index is 0.177. The van der Waals surface area contributed by atoms with Gasteiger partial charge in [0.25, 0.3) is 0 Å². The molecule has 2 rings (SSSR count). The summed E-state index contributed by atoms with van der Waals surface area (Å²) in [5.41, 5.74) is 1.26. The van der Waals surface area contributed by atoms with Crippen LogP contribution in [0.4, 0.5) is 0 Å². The van der Waals surface area contributed by atoms with Crippen LogP contribution >= 0.6 is 11.6 Å². The van der Waals surface area contributed by atoms with Crippen molar-refractivity contribution < 1.29 is 9.47 Å². The first kappa shape index (κ1) is 11.7. The second-order valence-corrected chi connectivity index (χ2v) is 4.75. The Bertz CT molecular complexity index is 317. The summed E-state index contributed by atoms with van der Waals surface area (Å²) in [7, 11) is 1.68. The van der Waals surface area contributed by atoms with Crippen LogP contribution < -0.4 is 4.74 Å². The number of hydrogen-bond acceptors (Lipinski definition) is 2. The van der Waals surface area contributed by atoms with E-state index in [1.54, 1.807) is 7.11 Å². The van der Waals surface area contributed by atoms with Gasteiger partial charge in [0.05, 0.1) is 13.7 Å². The van der Waals surface area contributed by atoms with E-state index >= 15 is 0 Å². The molecule has 0 aliphatic carbocycles. The summed E-state index contributed by atoms with van der Waals surface area (Å²) in [5.74, 6) is 1.39. The largest absolute Gasteiger partial charge is 0.497 e. The van der Waals surface area contributed by atoms with Gasteiger partial charge < -0.3 is 9.47 Å². The van der Waals surface area contributed by atoms with Crippen molar-refractivity contribution in [3.63, 3.8) is 0 Å². The maximum Gasteiger partial charge on any atom is 0.118 e. The molecule has 1 aliphatic heterocycles. The Hall–Kier alpha value is -0.730. The Morgan fingerprint density at radius 1 is 1.44 bits per heavy atom. The maximum atomic E-state index is 6.38. The van der Waals surface area contributed by atoms with Gasteiger partial charge in [-0.15, -0.1) is 11.6 Å². The highest BCUT2D eigenvalue weighted by atomic mass is 35.5. The van der Waals surface area contributed by atoms with Crippen LogP contribution in [0.5, 0.6) is 5.75 Å². The number of hydrogen-bond donors (Lipinski definition) is 0. The van der Waals surface area contributed by atoms with Crippen LogP contribution in [0.2, 0.25) is 0 Å². The Labute approximate surface area is 102 Å². The van der Waals surface area contributed by atoms with E-state index in [2.05, 4.69) is 12.1 Å². The first-order valence-corrected chi connectivity index (χ1v) is 6.08. The van der Waals surface area contributed by atoms with Crippen LogP contribution in [-0.4, -0.2) is 25.7 Å². The average molecular weight is 241 g/mol. The van der Waals surface area contributed by atoms with Gasteiger partial charge in [-0.05, 0) is 30.5 Å². The monoisotopic (exact) mass is 240 g/mol. The lowest BCUT2D eigenvalue weighted by atomic mass is 9.98. The van der Waals surface area contributed by atoms with Crippen molar-refractivity contribution >= 4 is 11.6 Å². The highest BCUT2D eigenvalue weighted by molar-refractivity contribution is 6.20. The summed E-state index contributed by atoms with van der Waals surface area (Å²) in [5, 5.41) is 0.177. The molecule has 1 fully saturated rings. The second-order valence-electron chi connectivity index (χ2n) is 4.19. The predicted molar refractivity (Wildman–Crippen MR) is 65.3 cm³/mol. The SMILES string of the molecule is COc1ccc(CC(Cl)C2CCOC2)cc1. The molecule has 0 N–H and O–H groups in total. The van der Waals surface area contributed by atoms with Crippen molar-refractivity contribution in [3.05, 3.63) is 29.8 Å². The van der Waals surface area contributed by atoms with E-state index in [4.69, 9.17) is 21.1 Å². The van der Waals surface area contributed by atoms with Crippen molar-refractivity contribution in [1.82, 2.24) is 0 Å². The van der Waals surface area contributed by atoms with E-state index < -0.39 is 0 Å². The van der Waals surface area contributed by atoms with Crippen molar-refractivity contribution in [2.45, 2.75) is 18.2 Å². The van der Waals surface area contributed by atoms with Crippen LogP contribution in [0.15, 0.2) is 24.3 Å². The highest BCUT2D eigenvalue weighted by Gasteiger charge is 2.23. The fourth-order valence-corrected chi connectivity index (χ4v) is 2.37. The van der Waals surface area contributed by atoms with Gasteiger partial charge in [0.2, 0.25) is 0 Å². The lowest BCUT2D eigenvalue weighted by Crippen LogP contribution is -2.17. The molecule has 3 heteroatoms. The lowest BCUT2D eigenvalue weighted by molar-refractivity contribution is 0.185. The minimum Gasteiger partial charge on any atom is -0.497 e. The summed E-state index contributed by atoms with van der Waals surface area (Å²) in [6, 6.07) is 8.10. The van der Waals surface area contributed by atoms with Gasteiger partial charge in [-0.3, -0.25) is 0 Å². The van der Waals surface area contributed by atoms with Gasteiger partial charge >= 0.3 is 0 Å². The number of rotatable bonds is 4. The van der Waals surface area contributed by atoms with E-state index in [-0.39, 0.29) is 5.38 Å². The summed E-state index contributed by atoms with van der Waals surface area (Å²) in [6.07, 6.45) is 1.99. The van der Waals surface area contributed by atoms with Crippen molar-refractivity contribution in [2.24, 2.45) is 5.92 Å². The highest BCUT2D eigenvalue weighted by Crippen LogP contribution is 2.24. The molecule has 1 aromatic rings. The third-order valence-corrected chi connectivity index (χ3v) is 3.58. The topological polar surface area (TPSA) is 18.5 Å². The number of methoxy groups -OCH3 is 1. The number of alkyl halides is 1. The molecule has 1 heterocycles. The minimum absolute atomic E-state index is 0.177. The van der Waals surface area contributed by atoms with Gasteiger partial charge in [-0.2, -0.15) is 0 Å². The zero-order chi connectivity index (χ0) is 11.4. The molecule has 1 saturated heterocycles. The molecule has 1 aliphatic rings. The lowest BCUT2D eigenvalue weighted by Gasteiger charge is -2.15. The van der Waals surface area contributed by atoms with E-state index in [0.717, 1.165) is 31.8 Å². The molecular formula is C13H17ClO2. The molecule has 2 unspecified atom stereocenters. The van der Waals surface area contributed by atoms with Crippen LogP contribution in [0.25, 0.3) is 0 Å². The summed E-state index contributed by atoms with van der Waals surface area (Å²) in [4.78, 5) is 0. The van der Waals surface area contributed by atoms with Crippen LogP contribution in [-0.2, 0) is 11.2 Å². The smallest absolute Gasteiger partial charge is 0.118 e. The summed E-state index contributed by atoms with van der Waals surface area (Å²) < 4.78 is 10.5. The van der Waals surface area contributed by atoms with Crippen molar-refractivity contribution in [3.8, 4) is 5.75 Å². The normalized spacial score (nSPS) is 22.0. The van der Waals surface area contributed by atoms with Gasteiger partial charge in [0.15, 0.2) is 0 Å². The summed E-state index contributed by atoms with van der Waals surface area (Å²) >= 11 is 6.38. The Morgan fingerprint density at radius 3 is 2.75 bits per heavy atom. The van der Waals surface area contributed by atoms with E-state index in [9.17, 15) is 0 Å². The summed E-state index contributed by atoms with van der Waals surface area (Å²) in [6.45, 7) is 1.67. The van der Waals surface area contributed by atoms with Gasteiger partial charge in [0.1, 0.15) is 5.75 Å². The molecule has 0 amide bonds. The molecule has 88 valence electrons. The Balaban J connectivity index is 1.92. The molecule has 2 nitrogen and oxygen atoms in total. The molecular weight excluding hydrogens is 224 g/mol. The second kappa shape index (κ2) is 5.55. The maximum absolute atomic E-state index is 6.38. The van der Waals surface area contributed by atoms with Gasteiger partial charge in [-0.25, -0.2) is 0 Å². The zero-order valence-corrected chi connectivity index (χ0v) is 10.2. The molecule has 0 spiro atoms. The van der Waals surface area contributed by atoms with Crippen LogP contribution in [0, 0.1) is 5.92 Å². The van der Waals surface area contributed by atoms with Crippen LogP contribution in [0.3, 0.4) is 0 Å². The molecule has 0 bridgehead atoms.